The number of nitrogens with one attached hydrogen (secondary N) is 1. The zero-order valence-corrected chi connectivity index (χ0v) is 8.79. The molecule has 74 valence electrons. The number of aromatic amines is 1. The average Bonchev–Trinajstić information content (AvgIpc) is 2.19. The van der Waals surface area contributed by atoms with E-state index in [0.717, 1.165) is 16.1 Å². The Morgan fingerprint density at radius 1 is 1.36 bits per heavy atom. The smallest absolute Gasteiger partial charge is 0.251 e. The molecule has 0 bridgehead atoms. The Kier molecular flexibility index (Phi) is 3.46. The van der Waals surface area contributed by atoms with Crippen molar-refractivity contribution >= 4 is 12.2 Å². The summed E-state index contributed by atoms with van der Waals surface area (Å²) in [5, 5.41) is 1.92. The Morgan fingerprint density at radius 2 is 2.07 bits per heavy atom. The minimum absolute atomic E-state index is 0.0219. The van der Waals surface area contributed by atoms with Crippen molar-refractivity contribution in [3.8, 4) is 0 Å². The summed E-state index contributed by atoms with van der Waals surface area (Å²) in [6.07, 6.45) is 7.72. The van der Waals surface area contributed by atoms with Crippen molar-refractivity contribution in [1.82, 2.24) is 4.98 Å². The predicted molar refractivity (Wildman–Crippen MR) is 60.5 cm³/mol. The molecule has 0 unspecified atom stereocenters. The highest BCUT2D eigenvalue weighted by molar-refractivity contribution is 5.37. The van der Waals surface area contributed by atoms with Crippen molar-refractivity contribution in [3.63, 3.8) is 0 Å². The third kappa shape index (κ3) is 2.22. The molecule has 0 fully saturated rings. The standard InChI is InChI=1S/C12H15NO/c1-4-6-7-11-10(5-2)8-9(3)12(14)13-11/h4-8H,1-3H3,(H,13,14)/b6-4-,10-5-,11-7+. The topological polar surface area (TPSA) is 32.9 Å². The summed E-state index contributed by atoms with van der Waals surface area (Å²) in [4.78, 5) is 14.2. The van der Waals surface area contributed by atoms with Crippen LogP contribution in [0.2, 0.25) is 0 Å². The maximum atomic E-state index is 11.4. The zero-order chi connectivity index (χ0) is 10.6. The molecule has 1 heterocycles. The Hall–Kier alpha value is -1.57. The van der Waals surface area contributed by atoms with Gasteiger partial charge in [0.15, 0.2) is 0 Å². The molecular formula is C12H15NO. The lowest BCUT2D eigenvalue weighted by Gasteiger charge is -1.92. The van der Waals surface area contributed by atoms with Gasteiger partial charge in [-0.3, -0.25) is 4.79 Å². The van der Waals surface area contributed by atoms with Crippen LogP contribution in [0, 0.1) is 6.92 Å². The first kappa shape index (κ1) is 10.5. The first-order chi connectivity index (χ1) is 6.69. The van der Waals surface area contributed by atoms with E-state index in [9.17, 15) is 4.79 Å². The Labute approximate surface area is 83.3 Å². The molecule has 0 amide bonds. The van der Waals surface area contributed by atoms with Crippen LogP contribution in [0.3, 0.4) is 0 Å². The number of H-pyrrole nitrogens is 1. The Bertz CT molecular complexity index is 506. The molecule has 1 N–H and O–H groups in total. The monoisotopic (exact) mass is 189 g/mol. The summed E-state index contributed by atoms with van der Waals surface area (Å²) in [5.74, 6) is 0. The molecule has 0 radical (unpaired) electrons. The van der Waals surface area contributed by atoms with E-state index >= 15 is 0 Å². The van der Waals surface area contributed by atoms with E-state index in [0.29, 0.717) is 0 Å². The minimum atomic E-state index is -0.0219. The fourth-order valence-electron chi connectivity index (χ4n) is 1.24. The summed E-state index contributed by atoms with van der Waals surface area (Å²) in [5.41, 5.74) is 0.724. The van der Waals surface area contributed by atoms with Crippen LogP contribution in [0.1, 0.15) is 19.4 Å². The third-order valence-corrected chi connectivity index (χ3v) is 2.06. The van der Waals surface area contributed by atoms with Crippen molar-refractivity contribution in [3.05, 3.63) is 44.7 Å². The normalized spacial score (nSPS) is 14.2. The highest BCUT2D eigenvalue weighted by Gasteiger charge is 1.91. The lowest BCUT2D eigenvalue weighted by atomic mass is 10.2. The number of rotatable bonds is 1. The minimum Gasteiger partial charge on any atom is -0.322 e. The summed E-state index contributed by atoms with van der Waals surface area (Å²) < 4.78 is 0. The van der Waals surface area contributed by atoms with E-state index in [1.807, 2.05) is 51.1 Å². The molecule has 14 heavy (non-hydrogen) atoms. The van der Waals surface area contributed by atoms with Gasteiger partial charge in [0.2, 0.25) is 0 Å². The maximum absolute atomic E-state index is 11.4. The molecule has 0 aliphatic rings. The van der Waals surface area contributed by atoms with Crippen LogP contribution < -0.4 is 16.1 Å². The number of allylic oxidation sites excluding steroid dienone is 2. The van der Waals surface area contributed by atoms with Gasteiger partial charge in [-0.1, -0.05) is 18.2 Å². The second-order valence-corrected chi connectivity index (χ2v) is 3.13. The van der Waals surface area contributed by atoms with Crippen molar-refractivity contribution < 1.29 is 0 Å². The van der Waals surface area contributed by atoms with Crippen molar-refractivity contribution in [2.24, 2.45) is 0 Å². The number of pyridine rings is 1. The third-order valence-electron chi connectivity index (χ3n) is 2.06. The molecule has 1 rings (SSSR count). The first-order valence-electron chi connectivity index (χ1n) is 4.68. The van der Waals surface area contributed by atoms with Gasteiger partial charge in [-0.15, -0.1) is 0 Å². The van der Waals surface area contributed by atoms with Crippen LogP contribution >= 0.6 is 0 Å². The molecule has 2 nitrogen and oxygen atoms in total. The molecule has 0 aliphatic heterocycles. The SMILES string of the molecule is C\C=C/C=c1/[nH]c(=O)c(C)c/c1=C/C. The van der Waals surface area contributed by atoms with E-state index in [2.05, 4.69) is 4.98 Å². The van der Waals surface area contributed by atoms with Gasteiger partial charge in [0.1, 0.15) is 0 Å². The fourth-order valence-corrected chi connectivity index (χ4v) is 1.24. The maximum Gasteiger partial charge on any atom is 0.251 e. The quantitative estimate of drug-likeness (QED) is 0.697. The van der Waals surface area contributed by atoms with E-state index in [1.165, 1.54) is 0 Å². The molecule has 0 atom stereocenters. The second kappa shape index (κ2) is 4.61. The first-order valence-corrected chi connectivity index (χ1v) is 4.68. The lowest BCUT2D eigenvalue weighted by Crippen LogP contribution is -2.35. The van der Waals surface area contributed by atoms with Crippen LogP contribution in [-0.4, -0.2) is 4.98 Å². The zero-order valence-electron chi connectivity index (χ0n) is 8.79. The van der Waals surface area contributed by atoms with E-state index in [4.69, 9.17) is 0 Å². The van der Waals surface area contributed by atoms with Crippen LogP contribution in [-0.2, 0) is 0 Å². The van der Waals surface area contributed by atoms with E-state index in [1.54, 1.807) is 0 Å². The molecule has 0 aliphatic carbocycles. The number of hydrogen-bond acceptors (Lipinski definition) is 1. The van der Waals surface area contributed by atoms with Gasteiger partial charge in [0.05, 0.1) is 0 Å². The Morgan fingerprint density at radius 3 is 2.64 bits per heavy atom. The van der Waals surface area contributed by atoms with E-state index < -0.39 is 0 Å². The van der Waals surface area contributed by atoms with Gasteiger partial charge < -0.3 is 4.98 Å². The largest absolute Gasteiger partial charge is 0.322 e. The van der Waals surface area contributed by atoms with Crippen molar-refractivity contribution in [2.75, 3.05) is 0 Å². The van der Waals surface area contributed by atoms with Gasteiger partial charge in [-0.05, 0) is 38.1 Å². The molecular weight excluding hydrogens is 174 g/mol. The van der Waals surface area contributed by atoms with Crippen molar-refractivity contribution in [2.45, 2.75) is 20.8 Å². The molecule has 1 aromatic rings. The summed E-state index contributed by atoms with van der Waals surface area (Å²) in [6.45, 7) is 5.71. The molecule has 2 heteroatoms. The number of aromatic nitrogens is 1. The van der Waals surface area contributed by atoms with Gasteiger partial charge in [-0.25, -0.2) is 0 Å². The average molecular weight is 189 g/mol. The molecule has 0 aromatic carbocycles. The number of aryl methyl sites for hydroxylation is 1. The molecule has 0 saturated heterocycles. The second-order valence-electron chi connectivity index (χ2n) is 3.13. The summed E-state index contributed by atoms with van der Waals surface area (Å²) in [7, 11) is 0. The van der Waals surface area contributed by atoms with Gasteiger partial charge in [-0.2, -0.15) is 0 Å². The van der Waals surface area contributed by atoms with E-state index in [-0.39, 0.29) is 5.56 Å². The highest BCUT2D eigenvalue weighted by Crippen LogP contribution is 1.76. The van der Waals surface area contributed by atoms with Crippen molar-refractivity contribution in [1.29, 1.82) is 0 Å². The Balaban J connectivity index is 3.60. The fraction of sp³-hybridized carbons (Fsp3) is 0.250. The van der Waals surface area contributed by atoms with Gasteiger partial charge >= 0.3 is 0 Å². The number of hydrogen-bond donors (Lipinski definition) is 1. The van der Waals surface area contributed by atoms with Crippen LogP contribution in [0.15, 0.2) is 23.0 Å². The van der Waals surface area contributed by atoms with Gasteiger partial charge in [0.25, 0.3) is 5.56 Å². The highest BCUT2D eigenvalue weighted by atomic mass is 16.1. The summed E-state index contributed by atoms with van der Waals surface area (Å²) in [6, 6.07) is 1.90. The molecule has 1 aromatic heterocycles. The van der Waals surface area contributed by atoms with Crippen LogP contribution in [0.4, 0.5) is 0 Å². The molecule has 0 saturated carbocycles. The molecule has 0 spiro atoms. The lowest BCUT2D eigenvalue weighted by molar-refractivity contribution is 1.11. The predicted octanol–water partition coefficient (Wildman–Crippen LogP) is 0.840. The van der Waals surface area contributed by atoms with Crippen LogP contribution in [0.25, 0.3) is 12.2 Å². The summed E-state index contributed by atoms with van der Waals surface area (Å²) >= 11 is 0. The van der Waals surface area contributed by atoms with Crippen LogP contribution in [0.5, 0.6) is 0 Å². The van der Waals surface area contributed by atoms with Gasteiger partial charge in [0, 0.05) is 10.9 Å².